The van der Waals surface area contributed by atoms with E-state index in [0.717, 1.165) is 18.2 Å². The summed E-state index contributed by atoms with van der Waals surface area (Å²) >= 11 is 0. The number of β-amino-alcohol motifs (C(OH)–C–C–N with tert-alkyl or cyclic N) is 1. The van der Waals surface area contributed by atoms with E-state index in [2.05, 4.69) is 10.1 Å². The Kier molecular flexibility index (Phi) is 4.33. The number of alkyl halides is 2. The lowest BCUT2D eigenvalue weighted by Gasteiger charge is -2.18. The van der Waals surface area contributed by atoms with Crippen LogP contribution >= 0.6 is 0 Å². The first-order chi connectivity index (χ1) is 9.45. The minimum Gasteiger partial charge on any atom is -0.433 e. The number of urea groups is 1. The summed E-state index contributed by atoms with van der Waals surface area (Å²) in [6, 6.07) is 2.25. The number of hydrogen-bond acceptors (Lipinski definition) is 3. The summed E-state index contributed by atoms with van der Waals surface area (Å²) < 4.78 is 41.8. The van der Waals surface area contributed by atoms with Crippen molar-refractivity contribution < 1.29 is 27.8 Å². The fourth-order valence-electron chi connectivity index (χ4n) is 1.92. The second kappa shape index (κ2) is 6.00. The number of anilines is 1. The van der Waals surface area contributed by atoms with Gasteiger partial charge in [-0.05, 0) is 18.6 Å². The third kappa shape index (κ3) is 3.53. The normalized spacial score (nSPS) is 18.4. The van der Waals surface area contributed by atoms with Crippen LogP contribution in [-0.2, 0) is 0 Å². The van der Waals surface area contributed by atoms with Gasteiger partial charge in [0.05, 0.1) is 11.8 Å². The maximum atomic E-state index is 13.1. The van der Waals surface area contributed by atoms with Gasteiger partial charge in [0.2, 0.25) is 0 Å². The van der Waals surface area contributed by atoms with Crippen LogP contribution in [0.15, 0.2) is 18.2 Å². The van der Waals surface area contributed by atoms with Gasteiger partial charge in [-0.1, -0.05) is 0 Å². The number of carbonyl (C=O) groups excluding carboxylic acids is 1. The lowest BCUT2D eigenvalue weighted by molar-refractivity contribution is -0.0494. The molecule has 5 nitrogen and oxygen atoms in total. The number of rotatable bonds is 3. The van der Waals surface area contributed by atoms with Crippen LogP contribution in [0, 0.1) is 5.82 Å². The van der Waals surface area contributed by atoms with Crippen molar-refractivity contribution in [3.63, 3.8) is 0 Å². The largest absolute Gasteiger partial charge is 0.433 e. The fourth-order valence-corrected chi connectivity index (χ4v) is 1.92. The van der Waals surface area contributed by atoms with Gasteiger partial charge in [-0.25, -0.2) is 9.18 Å². The molecule has 20 heavy (non-hydrogen) atoms. The monoisotopic (exact) mass is 290 g/mol. The van der Waals surface area contributed by atoms with E-state index in [1.807, 2.05) is 0 Å². The molecule has 1 atom stereocenters. The predicted molar refractivity (Wildman–Crippen MR) is 64.2 cm³/mol. The summed E-state index contributed by atoms with van der Waals surface area (Å²) in [6.45, 7) is -2.59. The van der Waals surface area contributed by atoms with Gasteiger partial charge in [0, 0.05) is 19.2 Å². The number of nitrogens with one attached hydrogen (secondary N) is 1. The number of benzene rings is 1. The number of ether oxygens (including phenoxy) is 1. The standard InChI is InChI=1S/C12H13F3N2O3/c13-7-1-2-10(20-11(14)15)9(5-7)16-12(19)17-4-3-8(18)6-17/h1-2,5,8,11,18H,3-4,6H2,(H,16,19)/t8-/m1/s1. The van der Waals surface area contributed by atoms with Gasteiger partial charge in [-0.2, -0.15) is 8.78 Å². The van der Waals surface area contributed by atoms with E-state index >= 15 is 0 Å². The average Bonchev–Trinajstić information content (AvgIpc) is 2.79. The maximum absolute atomic E-state index is 13.1. The molecule has 1 saturated heterocycles. The van der Waals surface area contributed by atoms with Gasteiger partial charge in [-0.15, -0.1) is 0 Å². The molecule has 0 unspecified atom stereocenters. The molecule has 8 heteroatoms. The highest BCUT2D eigenvalue weighted by molar-refractivity contribution is 5.91. The summed E-state index contributed by atoms with van der Waals surface area (Å²) in [5.74, 6) is -1.02. The zero-order valence-corrected chi connectivity index (χ0v) is 10.4. The van der Waals surface area contributed by atoms with Crippen molar-refractivity contribution in [3.8, 4) is 5.75 Å². The Hall–Kier alpha value is -1.96. The number of likely N-dealkylation sites (tertiary alicyclic amines) is 1. The van der Waals surface area contributed by atoms with Crippen LogP contribution in [0.1, 0.15) is 6.42 Å². The van der Waals surface area contributed by atoms with Crippen LogP contribution in [0.4, 0.5) is 23.7 Å². The molecule has 1 aliphatic rings. The molecule has 1 aliphatic heterocycles. The molecule has 0 aliphatic carbocycles. The lowest BCUT2D eigenvalue weighted by Crippen LogP contribution is -2.33. The summed E-state index contributed by atoms with van der Waals surface area (Å²) in [6.07, 6.45) is -0.165. The molecule has 1 aromatic rings. The van der Waals surface area contributed by atoms with Crippen molar-refractivity contribution in [2.45, 2.75) is 19.1 Å². The highest BCUT2D eigenvalue weighted by atomic mass is 19.3. The van der Waals surface area contributed by atoms with E-state index in [0.29, 0.717) is 13.0 Å². The number of carbonyl (C=O) groups is 1. The molecule has 0 bridgehead atoms. The molecule has 1 aromatic carbocycles. The zero-order chi connectivity index (χ0) is 14.7. The second-order valence-electron chi connectivity index (χ2n) is 4.34. The predicted octanol–water partition coefficient (Wildman–Crippen LogP) is 2.03. The third-order valence-electron chi connectivity index (χ3n) is 2.85. The molecule has 110 valence electrons. The third-order valence-corrected chi connectivity index (χ3v) is 2.85. The quantitative estimate of drug-likeness (QED) is 0.895. The minimum absolute atomic E-state index is 0.145. The molecule has 2 rings (SSSR count). The van der Waals surface area contributed by atoms with E-state index in [1.54, 1.807) is 0 Å². The zero-order valence-electron chi connectivity index (χ0n) is 10.4. The van der Waals surface area contributed by atoms with E-state index in [1.165, 1.54) is 4.90 Å². The summed E-state index contributed by atoms with van der Waals surface area (Å²) in [5, 5.41) is 11.6. The second-order valence-corrected chi connectivity index (χ2v) is 4.34. The number of halogens is 3. The molecule has 0 aromatic heterocycles. The first-order valence-corrected chi connectivity index (χ1v) is 5.94. The van der Waals surface area contributed by atoms with Crippen molar-refractivity contribution in [2.75, 3.05) is 18.4 Å². The maximum Gasteiger partial charge on any atom is 0.387 e. The van der Waals surface area contributed by atoms with Gasteiger partial charge in [0.25, 0.3) is 0 Å². The highest BCUT2D eigenvalue weighted by Crippen LogP contribution is 2.27. The van der Waals surface area contributed by atoms with Gasteiger partial charge in [0.1, 0.15) is 11.6 Å². The smallest absolute Gasteiger partial charge is 0.387 e. The number of amides is 2. The molecular weight excluding hydrogens is 277 g/mol. The lowest BCUT2D eigenvalue weighted by atomic mass is 10.3. The van der Waals surface area contributed by atoms with Gasteiger partial charge >= 0.3 is 12.6 Å². The van der Waals surface area contributed by atoms with Crippen LogP contribution < -0.4 is 10.1 Å². The van der Waals surface area contributed by atoms with Gasteiger partial charge in [-0.3, -0.25) is 0 Å². The van der Waals surface area contributed by atoms with Crippen LogP contribution in [-0.4, -0.2) is 41.8 Å². The molecule has 2 N–H and O–H groups in total. The number of aliphatic hydroxyl groups is 1. The Morgan fingerprint density at radius 3 is 2.85 bits per heavy atom. The van der Waals surface area contributed by atoms with Crippen molar-refractivity contribution in [2.24, 2.45) is 0 Å². The summed E-state index contributed by atoms with van der Waals surface area (Å²) in [5.41, 5.74) is -0.184. The van der Waals surface area contributed by atoms with Crippen LogP contribution in [0.3, 0.4) is 0 Å². The van der Waals surface area contributed by atoms with Crippen LogP contribution in [0.2, 0.25) is 0 Å². The van der Waals surface area contributed by atoms with Crippen molar-refractivity contribution >= 4 is 11.7 Å². The Labute approximate surface area is 112 Å². The van der Waals surface area contributed by atoms with E-state index in [4.69, 9.17) is 0 Å². The highest BCUT2D eigenvalue weighted by Gasteiger charge is 2.25. The van der Waals surface area contributed by atoms with E-state index < -0.39 is 24.6 Å². The average molecular weight is 290 g/mol. The van der Waals surface area contributed by atoms with Crippen LogP contribution in [0.25, 0.3) is 0 Å². The first-order valence-electron chi connectivity index (χ1n) is 5.94. The topological polar surface area (TPSA) is 61.8 Å². The van der Waals surface area contributed by atoms with E-state index in [9.17, 15) is 23.1 Å². The molecule has 0 spiro atoms. The molecule has 0 saturated carbocycles. The van der Waals surface area contributed by atoms with E-state index in [-0.39, 0.29) is 18.0 Å². The van der Waals surface area contributed by atoms with Crippen LogP contribution in [0.5, 0.6) is 5.75 Å². The fraction of sp³-hybridized carbons (Fsp3) is 0.417. The Morgan fingerprint density at radius 2 is 2.25 bits per heavy atom. The molecule has 2 amide bonds. The number of hydrogen-bond donors (Lipinski definition) is 2. The van der Waals surface area contributed by atoms with Gasteiger partial charge in [0.15, 0.2) is 0 Å². The van der Waals surface area contributed by atoms with Crippen molar-refractivity contribution in [1.82, 2.24) is 4.90 Å². The Morgan fingerprint density at radius 1 is 1.50 bits per heavy atom. The van der Waals surface area contributed by atoms with Gasteiger partial charge < -0.3 is 20.1 Å². The van der Waals surface area contributed by atoms with Crippen molar-refractivity contribution in [1.29, 1.82) is 0 Å². The molecule has 1 fully saturated rings. The number of aliphatic hydroxyl groups excluding tert-OH is 1. The van der Waals surface area contributed by atoms with Crippen molar-refractivity contribution in [3.05, 3.63) is 24.0 Å². The first kappa shape index (κ1) is 14.4. The molecular formula is C12H13F3N2O3. The molecule has 0 radical (unpaired) electrons. The molecule has 1 heterocycles. The Balaban J connectivity index is 2.11. The SMILES string of the molecule is O=C(Nc1cc(F)ccc1OC(F)F)N1CC[C@@H](O)C1. The minimum atomic E-state index is -3.08. The summed E-state index contributed by atoms with van der Waals surface area (Å²) in [7, 11) is 0. The number of nitrogens with zero attached hydrogens (tertiary/aromatic N) is 1. The Bertz CT molecular complexity index is 499. The summed E-state index contributed by atoms with van der Waals surface area (Å²) in [4.78, 5) is 13.2.